The number of carbonyl (C=O) groups is 2. The first-order valence-corrected chi connectivity index (χ1v) is 12.3. The first-order valence-electron chi connectivity index (χ1n) is 11.6. The maximum atomic E-state index is 14.2. The summed E-state index contributed by atoms with van der Waals surface area (Å²) in [5.41, 5.74) is 1.47. The normalized spacial score (nSPS) is 24.9. The van der Waals surface area contributed by atoms with E-state index in [9.17, 15) is 9.59 Å². The Balaban J connectivity index is 2.27. The standard InChI is InChI=1S/C28H33Cl2NO2/c1-6-15-28(5)17-24(21-9-8-10-23(30)16-21)26(20-11-13-22(29)14-12-20)31(27(28)33)25(7-2)18(3)19(4)32/h6,8-14,16,18,24-26H,1,7,15,17H2,2-5H3. The maximum absolute atomic E-state index is 14.2. The lowest BCUT2D eigenvalue weighted by Crippen LogP contribution is -2.57. The van der Waals surface area contributed by atoms with Crippen molar-refractivity contribution in [3.8, 4) is 0 Å². The highest BCUT2D eigenvalue weighted by atomic mass is 35.5. The molecule has 3 nitrogen and oxygen atoms in total. The van der Waals surface area contributed by atoms with Crippen molar-refractivity contribution in [2.75, 3.05) is 0 Å². The van der Waals surface area contributed by atoms with E-state index in [0.717, 1.165) is 11.1 Å². The second-order valence-corrected chi connectivity index (χ2v) is 10.4. The summed E-state index contributed by atoms with van der Waals surface area (Å²) in [5, 5.41) is 1.31. The number of Topliss-reactive ketones (excluding diaryl/α,β-unsaturated/α-hetero) is 1. The molecule has 0 aromatic heterocycles. The summed E-state index contributed by atoms with van der Waals surface area (Å²) in [6, 6.07) is 15.1. The highest BCUT2D eigenvalue weighted by molar-refractivity contribution is 6.30. The van der Waals surface area contributed by atoms with Gasteiger partial charge in [0.1, 0.15) is 5.78 Å². The van der Waals surface area contributed by atoms with Crippen LogP contribution < -0.4 is 0 Å². The van der Waals surface area contributed by atoms with Crippen molar-refractivity contribution < 1.29 is 9.59 Å². The maximum Gasteiger partial charge on any atom is 0.229 e. The van der Waals surface area contributed by atoms with Crippen molar-refractivity contribution in [3.63, 3.8) is 0 Å². The molecule has 0 spiro atoms. The van der Waals surface area contributed by atoms with Crippen molar-refractivity contribution in [2.45, 2.75) is 65.0 Å². The number of nitrogens with zero attached hydrogens (tertiary/aromatic N) is 1. The fourth-order valence-electron chi connectivity index (χ4n) is 5.31. The second-order valence-electron chi connectivity index (χ2n) is 9.50. The van der Waals surface area contributed by atoms with Crippen molar-refractivity contribution in [3.05, 3.63) is 82.4 Å². The number of allylic oxidation sites excluding steroid dienone is 1. The van der Waals surface area contributed by atoms with Gasteiger partial charge in [0, 0.05) is 27.9 Å². The summed E-state index contributed by atoms with van der Waals surface area (Å²) < 4.78 is 0. The van der Waals surface area contributed by atoms with Crippen LogP contribution in [-0.4, -0.2) is 22.6 Å². The topological polar surface area (TPSA) is 37.4 Å². The number of ketones is 1. The van der Waals surface area contributed by atoms with Gasteiger partial charge >= 0.3 is 0 Å². The van der Waals surface area contributed by atoms with Crippen LogP contribution in [-0.2, 0) is 9.59 Å². The van der Waals surface area contributed by atoms with E-state index in [4.69, 9.17) is 23.2 Å². The van der Waals surface area contributed by atoms with E-state index in [0.29, 0.717) is 29.3 Å². The van der Waals surface area contributed by atoms with E-state index in [1.165, 1.54) is 0 Å². The molecule has 0 bridgehead atoms. The Morgan fingerprint density at radius 3 is 2.39 bits per heavy atom. The van der Waals surface area contributed by atoms with Gasteiger partial charge in [-0.05, 0) is 61.6 Å². The molecule has 176 valence electrons. The minimum Gasteiger partial charge on any atom is -0.331 e. The minimum atomic E-state index is -0.623. The molecule has 1 fully saturated rings. The van der Waals surface area contributed by atoms with Crippen molar-refractivity contribution >= 4 is 34.9 Å². The Morgan fingerprint density at radius 2 is 1.85 bits per heavy atom. The van der Waals surface area contributed by atoms with Gasteiger partial charge in [-0.25, -0.2) is 0 Å². The summed E-state index contributed by atoms with van der Waals surface area (Å²) in [6.45, 7) is 11.5. The molecule has 0 N–H and O–H groups in total. The van der Waals surface area contributed by atoms with Crippen LogP contribution in [0.2, 0.25) is 10.0 Å². The zero-order chi connectivity index (χ0) is 24.3. The first-order chi connectivity index (χ1) is 15.6. The Hall–Kier alpha value is -2.10. The number of piperidine rings is 1. The fraction of sp³-hybridized carbons (Fsp3) is 0.429. The molecule has 0 radical (unpaired) electrons. The van der Waals surface area contributed by atoms with Crippen molar-refractivity contribution in [2.24, 2.45) is 11.3 Å². The Bertz CT molecular complexity index is 1020. The van der Waals surface area contributed by atoms with Crippen LogP contribution in [0.25, 0.3) is 0 Å². The number of hydrogen-bond acceptors (Lipinski definition) is 2. The number of benzene rings is 2. The summed E-state index contributed by atoms with van der Waals surface area (Å²) in [4.78, 5) is 28.6. The SMILES string of the molecule is C=CCC1(C)CC(c2cccc(Cl)c2)C(c2ccc(Cl)cc2)N(C(CC)C(C)C(C)=O)C1=O. The summed E-state index contributed by atoms with van der Waals surface area (Å²) in [5.74, 6) is -0.124. The molecule has 1 aliphatic rings. The third kappa shape index (κ3) is 5.20. The van der Waals surface area contributed by atoms with Crippen LogP contribution in [0.4, 0.5) is 0 Å². The Morgan fingerprint density at radius 1 is 1.18 bits per heavy atom. The van der Waals surface area contributed by atoms with E-state index in [1.807, 2.05) is 74.2 Å². The minimum absolute atomic E-state index is 0.000679. The van der Waals surface area contributed by atoms with Gasteiger partial charge in [0.15, 0.2) is 0 Å². The molecule has 0 aliphatic carbocycles. The Kier molecular flexibility index (Phi) is 8.08. The Labute approximate surface area is 207 Å². The van der Waals surface area contributed by atoms with Crippen LogP contribution in [0.3, 0.4) is 0 Å². The van der Waals surface area contributed by atoms with Crippen LogP contribution in [0.1, 0.15) is 70.0 Å². The van der Waals surface area contributed by atoms with Crippen LogP contribution >= 0.6 is 23.2 Å². The lowest BCUT2D eigenvalue weighted by Gasteiger charge is -2.53. The van der Waals surface area contributed by atoms with Gasteiger partial charge in [-0.2, -0.15) is 0 Å². The fourth-order valence-corrected chi connectivity index (χ4v) is 5.64. The molecule has 1 amide bonds. The van der Waals surface area contributed by atoms with E-state index >= 15 is 0 Å². The van der Waals surface area contributed by atoms with Gasteiger partial charge in [0.25, 0.3) is 0 Å². The summed E-state index contributed by atoms with van der Waals surface area (Å²) in [6.07, 6.45) is 3.73. The van der Waals surface area contributed by atoms with Crippen LogP contribution in [0.5, 0.6) is 0 Å². The van der Waals surface area contributed by atoms with Gasteiger partial charge < -0.3 is 4.90 Å². The third-order valence-electron chi connectivity index (χ3n) is 7.18. The van der Waals surface area contributed by atoms with E-state index in [2.05, 4.69) is 12.6 Å². The summed E-state index contributed by atoms with van der Waals surface area (Å²) in [7, 11) is 0. The van der Waals surface area contributed by atoms with Gasteiger partial charge in [-0.1, -0.05) is 74.3 Å². The monoisotopic (exact) mass is 485 g/mol. The molecule has 1 heterocycles. The van der Waals surface area contributed by atoms with E-state index in [-0.39, 0.29) is 35.6 Å². The van der Waals surface area contributed by atoms with Crippen molar-refractivity contribution in [1.82, 2.24) is 4.90 Å². The average molecular weight is 486 g/mol. The molecule has 2 aromatic carbocycles. The second kappa shape index (κ2) is 10.4. The van der Waals surface area contributed by atoms with E-state index < -0.39 is 5.41 Å². The molecule has 5 heteroatoms. The lowest BCUT2D eigenvalue weighted by atomic mass is 9.66. The van der Waals surface area contributed by atoms with Gasteiger partial charge in [0.2, 0.25) is 5.91 Å². The molecular formula is C28H33Cl2NO2. The number of hydrogen-bond donors (Lipinski definition) is 0. The number of amides is 1. The number of halogens is 2. The zero-order valence-corrected chi connectivity index (χ0v) is 21.4. The molecule has 1 aliphatic heterocycles. The third-order valence-corrected chi connectivity index (χ3v) is 7.67. The highest BCUT2D eigenvalue weighted by Gasteiger charge is 2.51. The molecule has 5 unspecified atom stereocenters. The zero-order valence-electron chi connectivity index (χ0n) is 19.9. The highest BCUT2D eigenvalue weighted by Crippen LogP contribution is 2.52. The number of rotatable bonds is 8. The van der Waals surface area contributed by atoms with Crippen molar-refractivity contribution in [1.29, 1.82) is 0 Å². The largest absolute Gasteiger partial charge is 0.331 e. The van der Waals surface area contributed by atoms with Gasteiger partial charge in [0.05, 0.1) is 11.5 Å². The molecule has 33 heavy (non-hydrogen) atoms. The predicted molar refractivity (Wildman–Crippen MR) is 137 cm³/mol. The number of likely N-dealkylation sites (tertiary alicyclic amines) is 1. The van der Waals surface area contributed by atoms with Crippen LogP contribution in [0.15, 0.2) is 61.2 Å². The summed E-state index contributed by atoms with van der Waals surface area (Å²) >= 11 is 12.6. The molecule has 3 rings (SSSR count). The first kappa shape index (κ1) is 25.5. The quantitative estimate of drug-likeness (QED) is 0.360. The molecular weight excluding hydrogens is 453 g/mol. The smallest absolute Gasteiger partial charge is 0.229 e. The van der Waals surface area contributed by atoms with Gasteiger partial charge in [-0.15, -0.1) is 6.58 Å². The molecule has 2 aromatic rings. The average Bonchev–Trinajstić information content (AvgIpc) is 2.77. The molecule has 1 saturated heterocycles. The predicted octanol–water partition coefficient (Wildman–Crippen LogP) is 7.64. The lowest BCUT2D eigenvalue weighted by molar-refractivity contribution is -0.157. The number of carbonyl (C=O) groups excluding carboxylic acids is 2. The molecule has 5 atom stereocenters. The van der Waals surface area contributed by atoms with Gasteiger partial charge in [-0.3, -0.25) is 9.59 Å². The van der Waals surface area contributed by atoms with Crippen LogP contribution in [0, 0.1) is 11.3 Å². The van der Waals surface area contributed by atoms with E-state index in [1.54, 1.807) is 6.92 Å². The molecule has 0 saturated carbocycles.